The van der Waals surface area contributed by atoms with E-state index in [1.54, 1.807) is 62.3 Å². The SMILES string of the molecule is C=C(C)C(=O)OC(C)(C)C.C=C(C)C(=O)OC1(C)C2CC3CC(C2)CC1C3.C=C(C)C(=O)OC1(C)CCCC1.C=C(C)C(=O)OC1(C)CCCCC1.C=C(C)C(=O)OC1(C)CCCCCC1.C=C(C)C(=O)OC1(CC)C2CC3CC(C2)CC1C3.C=C(C)C(=O)OC1(CC)CCCC1.C=C(C)C(=O)OC1(CC)CCCCC1.C=C(C)C(=O)OC1(CC)CCCCCC1. The second-order valence-electron chi connectivity index (χ2n) is 42.1. The Labute approximate surface area is 763 Å². The van der Waals surface area contributed by atoms with E-state index in [0.29, 0.717) is 73.8 Å². The van der Waals surface area contributed by atoms with Gasteiger partial charge in [-0.2, -0.15) is 0 Å². The molecule has 14 fully saturated rings. The highest BCUT2D eigenvalue weighted by molar-refractivity contribution is 5.91. The van der Waals surface area contributed by atoms with Crippen molar-refractivity contribution in [3.63, 3.8) is 0 Å². The maximum atomic E-state index is 12.0. The molecule has 14 rings (SSSR count). The summed E-state index contributed by atoms with van der Waals surface area (Å²) in [5.41, 5.74) is 2.48. The van der Waals surface area contributed by atoms with Crippen molar-refractivity contribution in [1.29, 1.82) is 0 Å². The highest BCUT2D eigenvalue weighted by atomic mass is 16.6. The molecule has 0 N–H and O–H groups in total. The molecule has 18 nitrogen and oxygen atoms in total. The van der Waals surface area contributed by atoms with E-state index in [1.165, 1.54) is 180 Å². The van der Waals surface area contributed by atoms with Gasteiger partial charge in [-0.15, -0.1) is 0 Å². The molecule has 714 valence electrons. The molecule has 0 aromatic carbocycles. The monoisotopic (exact) mass is 1760 g/mol. The molecule has 0 unspecified atom stereocenters. The van der Waals surface area contributed by atoms with Crippen LogP contribution in [0.25, 0.3) is 0 Å². The van der Waals surface area contributed by atoms with Crippen LogP contribution in [0.2, 0.25) is 0 Å². The lowest BCUT2D eigenvalue weighted by atomic mass is 9.49. The van der Waals surface area contributed by atoms with Crippen LogP contribution in [-0.4, -0.2) is 104 Å². The summed E-state index contributed by atoms with van der Waals surface area (Å²) >= 11 is 0. The van der Waals surface area contributed by atoms with Gasteiger partial charge in [0.2, 0.25) is 0 Å². The van der Waals surface area contributed by atoms with E-state index in [0.717, 1.165) is 126 Å². The molecule has 18 heteroatoms. The first-order valence-electron chi connectivity index (χ1n) is 48.7. The van der Waals surface area contributed by atoms with Crippen molar-refractivity contribution in [1.82, 2.24) is 0 Å². The lowest BCUT2D eigenvalue weighted by Crippen LogP contribution is -2.59. The molecular weight excluding hydrogens is 1590 g/mol. The van der Waals surface area contributed by atoms with Gasteiger partial charge in [0.05, 0.1) is 0 Å². The van der Waals surface area contributed by atoms with Gasteiger partial charge in [-0.05, 0) is 402 Å². The van der Waals surface area contributed by atoms with Gasteiger partial charge in [0, 0.05) is 50.2 Å². The Hall–Kier alpha value is -7.11. The Kier molecular flexibility index (Phi) is 44.9. The van der Waals surface area contributed by atoms with E-state index in [4.69, 9.17) is 42.6 Å². The smallest absolute Gasteiger partial charge is 0.333 e. The number of carbonyl (C=O) groups is 9. The van der Waals surface area contributed by atoms with E-state index in [2.05, 4.69) is 93.8 Å². The van der Waals surface area contributed by atoms with Crippen molar-refractivity contribution in [3.05, 3.63) is 109 Å². The van der Waals surface area contributed by atoms with Crippen LogP contribution in [0.3, 0.4) is 0 Å². The third kappa shape index (κ3) is 35.6. The summed E-state index contributed by atoms with van der Waals surface area (Å²) in [5.74, 6) is 3.95. The van der Waals surface area contributed by atoms with Crippen molar-refractivity contribution in [2.75, 3.05) is 0 Å². The molecule has 0 radical (unpaired) electrons. The Balaban J connectivity index is 0.000000299. The van der Waals surface area contributed by atoms with Crippen LogP contribution in [0.15, 0.2) is 109 Å². The molecule has 126 heavy (non-hydrogen) atoms. The third-order valence-corrected chi connectivity index (χ3v) is 28.9. The Morgan fingerprint density at radius 2 is 0.437 bits per heavy atom. The summed E-state index contributed by atoms with van der Waals surface area (Å²) in [6.45, 7) is 69.9. The van der Waals surface area contributed by atoms with E-state index in [9.17, 15) is 43.2 Å². The second kappa shape index (κ2) is 50.9. The summed E-state index contributed by atoms with van der Waals surface area (Å²) in [6, 6.07) is 0. The van der Waals surface area contributed by atoms with Gasteiger partial charge in [0.15, 0.2) is 0 Å². The zero-order valence-electron chi connectivity index (χ0n) is 82.9. The lowest BCUT2D eigenvalue weighted by Gasteiger charge is -2.60. The van der Waals surface area contributed by atoms with Crippen LogP contribution >= 0.6 is 0 Å². The molecule has 0 amide bonds. The molecule has 8 bridgehead atoms. The van der Waals surface area contributed by atoms with Gasteiger partial charge in [-0.25, -0.2) is 43.2 Å². The highest BCUT2D eigenvalue weighted by Gasteiger charge is 2.60. The van der Waals surface area contributed by atoms with Gasteiger partial charge in [-0.3, -0.25) is 0 Å². The van der Waals surface area contributed by atoms with Gasteiger partial charge < -0.3 is 42.6 Å². The van der Waals surface area contributed by atoms with E-state index >= 15 is 0 Å². The standard InChI is InChI=1S/C16H24O2.C15H22O2.C13H22O2.2C12H20O2.2C11H18O2.C10H16O2.C8H14O2/c1-4-16(18-15(17)10(2)3)13-6-11-5-12(8-13)9-14(16)7-11;1-9(2)14(16)17-15(3)12-5-10-4-11(7-12)8-13(15)6-10;1-4-13(15-12(14)11(2)3)9-7-5-6-8-10-13;1-10(2)11(13)14-12(3)8-6-4-5-7-9-12;1-4-12(8-6-5-7-9-12)14-11(13)10(2)3;1-9(2)10(12)13-11(3)7-5-4-6-8-11;1-4-11(7-5-6-8-11)13-10(12)9(2)3;1-8(2)9(11)12-10(3)6-4-5-7-10;1-6(2)7(9)10-8(3,4)5/h11-14H,2,4-9H2,1,3H3;10-13H,1,4-8H2,2-3H3;2,4-10H2,1,3H3;1,4-9H2,2-3H3;2,4-9H2,1,3H3;1,4-8H2,2-3H3;2,4-8H2,1,3H3;1,4-7H2,2-3H3;1H2,2-5H3. The Bertz CT molecular complexity index is 3650. The topological polar surface area (TPSA) is 237 Å². The number of ether oxygens (including phenoxy) is 9. The van der Waals surface area contributed by atoms with Crippen molar-refractivity contribution in [3.8, 4) is 0 Å². The molecule has 0 heterocycles. The first-order chi connectivity index (χ1) is 58.7. The molecule has 14 aliphatic rings. The van der Waals surface area contributed by atoms with Crippen LogP contribution in [-0.2, 0) is 85.8 Å². The first-order valence-corrected chi connectivity index (χ1v) is 48.7. The van der Waals surface area contributed by atoms with Crippen molar-refractivity contribution in [2.24, 2.45) is 47.3 Å². The minimum atomic E-state index is -0.407. The number of hydrogen-bond donors (Lipinski definition) is 0. The Morgan fingerprint density at radius 1 is 0.246 bits per heavy atom. The minimum absolute atomic E-state index is 0.163. The summed E-state index contributed by atoms with van der Waals surface area (Å²) in [7, 11) is 0. The van der Waals surface area contributed by atoms with Crippen molar-refractivity contribution >= 4 is 53.7 Å². The van der Waals surface area contributed by atoms with E-state index in [1.807, 2.05) is 41.5 Å². The summed E-state index contributed by atoms with van der Waals surface area (Å²) in [5, 5.41) is 0. The van der Waals surface area contributed by atoms with Gasteiger partial charge in [-0.1, -0.05) is 125 Å². The molecule has 0 aliphatic heterocycles. The molecule has 0 spiro atoms. The van der Waals surface area contributed by atoms with Gasteiger partial charge in [0.1, 0.15) is 50.4 Å². The average Bonchev–Trinajstić information content (AvgIpc) is 0.881. The summed E-state index contributed by atoms with van der Waals surface area (Å²) in [6.07, 6.45) is 50.5. The summed E-state index contributed by atoms with van der Waals surface area (Å²) < 4.78 is 49.6. The van der Waals surface area contributed by atoms with Crippen molar-refractivity contribution < 1.29 is 85.8 Å². The zero-order valence-corrected chi connectivity index (χ0v) is 82.9. The third-order valence-electron chi connectivity index (χ3n) is 28.9. The summed E-state index contributed by atoms with van der Waals surface area (Å²) in [4.78, 5) is 103. The number of rotatable bonds is 21. The largest absolute Gasteiger partial charge is 0.457 e. The van der Waals surface area contributed by atoms with Crippen LogP contribution in [0.1, 0.15) is 421 Å². The zero-order chi connectivity index (χ0) is 95.0. The van der Waals surface area contributed by atoms with Crippen LogP contribution < -0.4 is 0 Å². The fourth-order valence-electron chi connectivity index (χ4n) is 21.2. The molecule has 0 aromatic heterocycles. The molecular formula is C108H174O18. The fraction of sp³-hybridized carbons (Fsp3) is 0.750. The maximum Gasteiger partial charge on any atom is 0.333 e. The van der Waals surface area contributed by atoms with Crippen LogP contribution in [0.4, 0.5) is 0 Å². The van der Waals surface area contributed by atoms with E-state index in [-0.39, 0.29) is 98.5 Å². The Morgan fingerprint density at radius 3 is 0.651 bits per heavy atom. The maximum absolute atomic E-state index is 12.0. The predicted octanol–water partition coefficient (Wildman–Crippen LogP) is 27.1. The molecule has 14 saturated carbocycles. The predicted molar refractivity (Wildman–Crippen MR) is 506 cm³/mol. The van der Waals surface area contributed by atoms with Crippen LogP contribution in [0.5, 0.6) is 0 Å². The van der Waals surface area contributed by atoms with Crippen LogP contribution in [0, 0.1) is 47.3 Å². The second-order valence-corrected chi connectivity index (χ2v) is 42.1. The molecule has 0 aromatic rings. The van der Waals surface area contributed by atoms with Crippen molar-refractivity contribution in [2.45, 2.75) is 471 Å². The molecule has 0 atom stereocenters. The fourth-order valence-corrected chi connectivity index (χ4v) is 21.2. The molecule has 0 saturated heterocycles. The highest BCUT2D eigenvalue weighted by Crippen LogP contribution is 2.62. The average molecular weight is 1760 g/mol. The lowest BCUT2D eigenvalue weighted by molar-refractivity contribution is -0.207. The normalized spacial score (nSPS) is 26.8. The first kappa shape index (κ1) is 111. The van der Waals surface area contributed by atoms with E-state index < -0.39 is 5.60 Å². The number of esters is 9. The number of hydrogen-bond acceptors (Lipinski definition) is 18. The molecule has 14 aliphatic carbocycles. The number of carbonyl (C=O) groups excluding carboxylic acids is 9. The van der Waals surface area contributed by atoms with Gasteiger partial charge >= 0.3 is 53.7 Å². The van der Waals surface area contributed by atoms with Gasteiger partial charge in [0.25, 0.3) is 0 Å². The quantitative estimate of drug-likeness (QED) is 0.0449. The minimum Gasteiger partial charge on any atom is -0.457 e.